The first-order valence-corrected chi connectivity index (χ1v) is 26.7. The molecule has 0 rings (SSSR count). The summed E-state index contributed by atoms with van der Waals surface area (Å²) in [4.78, 5) is 37.3. The van der Waals surface area contributed by atoms with Crippen LogP contribution in [-0.4, -0.2) is 87.4 Å². The Balaban J connectivity index is 4.26. The van der Waals surface area contributed by atoms with Gasteiger partial charge >= 0.3 is 17.9 Å². The second-order valence-corrected chi connectivity index (χ2v) is 19.6. The molecule has 368 valence electrons. The summed E-state index contributed by atoms with van der Waals surface area (Å²) >= 11 is 0. The van der Waals surface area contributed by atoms with Crippen LogP contribution in [-0.2, 0) is 33.3 Å². The van der Waals surface area contributed by atoms with Gasteiger partial charge in [0.25, 0.3) is 6.29 Å². The van der Waals surface area contributed by atoms with Crippen LogP contribution in [0.2, 0.25) is 0 Å². The van der Waals surface area contributed by atoms with Crippen LogP contribution < -0.4 is 0 Å². The first-order valence-electron chi connectivity index (χ1n) is 26.7. The normalized spacial score (nSPS) is 12.7. The lowest BCUT2D eigenvalue weighted by molar-refractivity contribution is -0.870. The zero-order chi connectivity index (χ0) is 45.6. The SMILES string of the molecule is CCCCCCCCCCCCCCCCCCCCCCC(=O)OC(COC(=O)CCCCCCCCCCCCCCCCCCC)COC(OCC[N+](C)(C)C)C(=O)O. The molecule has 2 unspecified atom stereocenters. The van der Waals surface area contributed by atoms with Crippen molar-refractivity contribution in [2.75, 3.05) is 47.5 Å². The molecule has 0 radical (unpaired) electrons. The highest BCUT2D eigenvalue weighted by Crippen LogP contribution is 2.17. The molecule has 0 saturated heterocycles. The van der Waals surface area contributed by atoms with Crippen LogP contribution in [0.5, 0.6) is 0 Å². The first-order chi connectivity index (χ1) is 30.1. The van der Waals surface area contributed by atoms with Crippen LogP contribution in [0.1, 0.15) is 264 Å². The van der Waals surface area contributed by atoms with Crippen molar-refractivity contribution in [1.82, 2.24) is 0 Å². The summed E-state index contributed by atoms with van der Waals surface area (Å²) in [6.07, 6.45) is 45.9. The van der Waals surface area contributed by atoms with Gasteiger partial charge in [-0.15, -0.1) is 0 Å². The molecule has 0 aliphatic heterocycles. The van der Waals surface area contributed by atoms with Crippen molar-refractivity contribution in [1.29, 1.82) is 0 Å². The minimum Gasteiger partial charge on any atom is -0.477 e. The highest BCUT2D eigenvalue weighted by molar-refractivity contribution is 5.71. The minimum absolute atomic E-state index is 0.173. The molecule has 0 aromatic carbocycles. The van der Waals surface area contributed by atoms with Crippen molar-refractivity contribution in [2.45, 2.75) is 277 Å². The third kappa shape index (κ3) is 46.3. The fraction of sp³-hybridized carbons (Fsp3) is 0.943. The number of carboxylic acids is 1. The Hall–Kier alpha value is -1.71. The molecule has 0 aliphatic rings. The van der Waals surface area contributed by atoms with E-state index in [1.165, 1.54) is 199 Å². The van der Waals surface area contributed by atoms with Gasteiger partial charge in [-0.05, 0) is 12.8 Å². The molecule has 0 amide bonds. The van der Waals surface area contributed by atoms with Gasteiger partial charge in [-0.3, -0.25) is 9.59 Å². The standard InChI is InChI=1S/C53H103NO8/c1-6-8-10-12-14-16-18-20-22-24-25-26-28-30-32-34-36-38-40-42-44-51(56)62-49(48-61-53(52(57)58)59-46-45-54(3,4)5)47-60-50(55)43-41-39-37-35-33-31-29-27-23-21-19-17-15-13-11-9-7-2/h49,53H,6-48H2,1-5H3/p+1. The molecule has 0 aromatic heterocycles. The smallest absolute Gasteiger partial charge is 0.361 e. The summed E-state index contributed by atoms with van der Waals surface area (Å²) in [7, 11) is 5.98. The Morgan fingerprint density at radius 3 is 1.03 bits per heavy atom. The first kappa shape index (κ1) is 60.3. The number of unbranched alkanes of at least 4 members (excludes halogenated alkanes) is 35. The number of rotatable bonds is 50. The van der Waals surface area contributed by atoms with E-state index in [4.69, 9.17) is 18.9 Å². The predicted molar refractivity (Wildman–Crippen MR) is 258 cm³/mol. The number of carboxylic acid groups (broad SMARTS) is 1. The average Bonchev–Trinajstić information content (AvgIpc) is 3.23. The Labute approximate surface area is 383 Å². The minimum atomic E-state index is -1.50. The van der Waals surface area contributed by atoms with Crippen LogP contribution >= 0.6 is 0 Å². The number of esters is 2. The number of hydrogen-bond donors (Lipinski definition) is 1. The highest BCUT2D eigenvalue weighted by Gasteiger charge is 2.25. The number of quaternary nitrogens is 1. The van der Waals surface area contributed by atoms with E-state index in [1.807, 2.05) is 21.1 Å². The lowest BCUT2D eigenvalue weighted by Crippen LogP contribution is -2.40. The van der Waals surface area contributed by atoms with Crippen LogP contribution in [0.3, 0.4) is 0 Å². The van der Waals surface area contributed by atoms with Gasteiger partial charge in [-0.2, -0.15) is 0 Å². The van der Waals surface area contributed by atoms with Crippen molar-refractivity contribution in [3.05, 3.63) is 0 Å². The van der Waals surface area contributed by atoms with Gasteiger partial charge in [0, 0.05) is 12.8 Å². The Morgan fingerprint density at radius 1 is 0.419 bits per heavy atom. The van der Waals surface area contributed by atoms with Gasteiger partial charge in [0.2, 0.25) is 0 Å². The van der Waals surface area contributed by atoms with E-state index < -0.39 is 18.4 Å². The van der Waals surface area contributed by atoms with Crippen molar-refractivity contribution in [2.24, 2.45) is 0 Å². The fourth-order valence-corrected chi connectivity index (χ4v) is 7.96. The number of carbonyl (C=O) groups excluding carboxylic acids is 2. The zero-order valence-electron chi connectivity index (χ0n) is 41.8. The monoisotopic (exact) mass is 883 g/mol. The van der Waals surface area contributed by atoms with Gasteiger partial charge in [-0.25, -0.2) is 4.79 Å². The van der Waals surface area contributed by atoms with Gasteiger partial charge < -0.3 is 28.5 Å². The second kappa shape index (κ2) is 45.8. The van der Waals surface area contributed by atoms with Gasteiger partial charge in [0.15, 0.2) is 6.10 Å². The molecule has 9 heteroatoms. The molecule has 9 nitrogen and oxygen atoms in total. The molecular formula is C53H104NO8+. The maximum atomic E-state index is 12.8. The fourth-order valence-electron chi connectivity index (χ4n) is 7.96. The molecule has 0 aromatic rings. The molecule has 0 fully saturated rings. The van der Waals surface area contributed by atoms with E-state index in [-0.39, 0.29) is 38.2 Å². The summed E-state index contributed by atoms with van der Waals surface area (Å²) in [5.41, 5.74) is 0. The molecule has 0 bridgehead atoms. The number of nitrogens with zero attached hydrogens (tertiary/aromatic N) is 1. The third-order valence-electron chi connectivity index (χ3n) is 12.1. The summed E-state index contributed by atoms with van der Waals surface area (Å²) in [5, 5.41) is 9.67. The maximum Gasteiger partial charge on any atom is 0.361 e. The van der Waals surface area contributed by atoms with E-state index in [9.17, 15) is 19.5 Å². The molecule has 0 saturated carbocycles. The molecule has 62 heavy (non-hydrogen) atoms. The lowest BCUT2D eigenvalue weighted by atomic mass is 10.0. The van der Waals surface area contributed by atoms with Crippen LogP contribution in [0, 0.1) is 0 Å². The van der Waals surface area contributed by atoms with E-state index >= 15 is 0 Å². The number of hydrogen-bond acceptors (Lipinski definition) is 7. The van der Waals surface area contributed by atoms with Crippen LogP contribution in [0.25, 0.3) is 0 Å². The Morgan fingerprint density at radius 2 is 0.726 bits per heavy atom. The molecular weight excluding hydrogens is 779 g/mol. The number of aliphatic carboxylic acids is 1. The van der Waals surface area contributed by atoms with Gasteiger partial charge in [-0.1, -0.05) is 239 Å². The number of likely N-dealkylation sites (N-methyl/N-ethyl adjacent to an activating group) is 1. The average molecular weight is 883 g/mol. The lowest BCUT2D eigenvalue weighted by Gasteiger charge is -2.25. The van der Waals surface area contributed by atoms with Gasteiger partial charge in [0.05, 0.1) is 34.4 Å². The maximum absolute atomic E-state index is 12.8. The van der Waals surface area contributed by atoms with Crippen molar-refractivity contribution in [3.63, 3.8) is 0 Å². The second-order valence-electron chi connectivity index (χ2n) is 19.6. The summed E-state index contributed by atoms with van der Waals surface area (Å²) in [6, 6.07) is 0. The molecule has 1 N–H and O–H groups in total. The largest absolute Gasteiger partial charge is 0.477 e. The van der Waals surface area contributed by atoms with Crippen LogP contribution in [0.4, 0.5) is 0 Å². The molecule has 0 heterocycles. The van der Waals surface area contributed by atoms with Crippen molar-refractivity contribution in [3.8, 4) is 0 Å². The third-order valence-corrected chi connectivity index (χ3v) is 12.1. The zero-order valence-corrected chi connectivity index (χ0v) is 41.8. The number of carbonyl (C=O) groups is 3. The Kier molecular flexibility index (Phi) is 44.6. The van der Waals surface area contributed by atoms with Gasteiger partial charge in [0.1, 0.15) is 13.2 Å². The Bertz CT molecular complexity index is 985. The molecule has 0 aliphatic carbocycles. The van der Waals surface area contributed by atoms with Crippen molar-refractivity contribution >= 4 is 17.9 Å². The van der Waals surface area contributed by atoms with E-state index in [0.29, 0.717) is 17.4 Å². The summed E-state index contributed by atoms with van der Waals surface area (Å²) in [5.74, 6) is -1.98. The van der Waals surface area contributed by atoms with E-state index in [1.54, 1.807) is 0 Å². The van der Waals surface area contributed by atoms with E-state index in [2.05, 4.69) is 13.8 Å². The summed E-state index contributed by atoms with van der Waals surface area (Å²) in [6.45, 7) is 4.94. The molecule has 2 atom stereocenters. The molecule has 0 spiro atoms. The number of ether oxygens (including phenoxy) is 4. The van der Waals surface area contributed by atoms with Crippen molar-refractivity contribution < 1.29 is 42.9 Å². The van der Waals surface area contributed by atoms with Crippen LogP contribution in [0.15, 0.2) is 0 Å². The summed E-state index contributed by atoms with van der Waals surface area (Å²) < 4.78 is 22.9. The predicted octanol–water partition coefficient (Wildman–Crippen LogP) is 14.8. The van der Waals surface area contributed by atoms with E-state index in [0.717, 1.165) is 38.5 Å². The highest BCUT2D eigenvalue weighted by atomic mass is 16.7. The quantitative estimate of drug-likeness (QED) is 0.0278. The topological polar surface area (TPSA) is 108 Å².